The molecule has 0 N–H and O–H groups in total. The van der Waals surface area contributed by atoms with Crippen molar-refractivity contribution >= 4 is 11.9 Å². The van der Waals surface area contributed by atoms with Gasteiger partial charge in [0.05, 0.1) is 12.1 Å². The number of rotatable bonds is 4. The molecule has 0 bridgehead atoms. The highest BCUT2D eigenvalue weighted by Gasteiger charge is 2.39. The highest BCUT2D eigenvalue weighted by Crippen LogP contribution is 2.29. The van der Waals surface area contributed by atoms with Crippen molar-refractivity contribution in [2.75, 3.05) is 0 Å². The molecular formula is C10H14N6O4. The predicted molar refractivity (Wildman–Crippen MR) is 66.2 cm³/mol. The van der Waals surface area contributed by atoms with Crippen molar-refractivity contribution in [2.45, 2.75) is 51.0 Å². The third-order valence-electron chi connectivity index (χ3n) is 2.84. The minimum absolute atomic E-state index is 0.118. The normalized spacial score (nSPS) is 28.5. The summed E-state index contributed by atoms with van der Waals surface area (Å²) in [4.78, 5) is 27.5. The van der Waals surface area contributed by atoms with E-state index in [0.29, 0.717) is 0 Å². The summed E-state index contributed by atoms with van der Waals surface area (Å²) < 4.78 is 10.1. The van der Waals surface area contributed by atoms with Crippen LogP contribution in [0.4, 0.5) is 0 Å². The van der Waals surface area contributed by atoms with Crippen LogP contribution in [0, 0.1) is 0 Å². The molecule has 4 atom stereocenters. The topological polar surface area (TPSA) is 150 Å². The monoisotopic (exact) mass is 282 g/mol. The lowest BCUT2D eigenvalue weighted by Gasteiger charge is -2.36. The molecule has 0 amide bonds. The van der Waals surface area contributed by atoms with Crippen LogP contribution in [0.1, 0.15) is 26.7 Å². The van der Waals surface area contributed by atoms with Crippen molar-refractivity contribution in [1.82, 2.24) is 0 Å². The van der Waals surface area contributed by atoms with E-state index in [-0.39, 0.29) is 12.8 Å². The smallest absolute Gasteiger partial charge is 0.302 e. The van der Waals surface area contributed by atoms with E-state index in [1.807, 2.05) is 0 Å². The Morgan fingerprint density at radius 2 is 1.35 bits per heavy atom. The molecule has 1 saturated carbocycles. The molecule has 1 aliphatic rings. The van der Waals surface area contributed by atoms with Crippen molar-refractivity contribution in [3.05, 3.63) is 20.9 Å². The highest BCUT2D eigenvalue weighted by molar-refractivity contribution is 5.67. The number of esters is 2. The van der Waals surface area contributed by atoms with Gasteiger partial charge in [0.2, 0.25) is 0 Å². The van der Waals surface area contributed by atoms with Crippen molar-refractivity contribution in [2.24, 2.45) is 10.2 Å². The van der Waals surface area contributed by atoms with E-state index in [2.05, 4.69) is 20.1 Å². The maximum absolute atomic E-state index is 11.1. The summed E-state index contributed by atoms with van der Waals surface area (Å²) in [7, 11) is 0. The van der Waals surface area contributed by atoms with Crippen molar-refractivity contribution in [3.8, 4) is 0 Å². The molecule has 1 rings (SSSR count). The van der Waals surface area contributed by atoms with Crippen LogP contribution >= 0.6 is 0 Å². The molecule has 0 aromatic rings. The summed E-state index contributed by atoms with van der Waals surface area (Å²) >= 11 is 0. The van der Waals surface area contributed by atoms with Crippen LogP contribution in [0.2, 0.25) is 0 Å². The van der Waals surface area contributed by atoms with Crippen LogP contribution in [0.5, 0.6) is 0 Å². The van der Waals surface area contributed by atoms with Gasteiger partial charge in [0.15, 0.2) is 0 Å². The third-order valence-corrected chi connectivity index (χ3v) is 2.84. The fraction of sp³-hybridized carbons (Fsp3) is 0.800. The Morgan fingerprint density at radius 3 is 1.65 bits per heavy atom. The van der Waals surface area contributed by atoms with Gasteiger partial charge in [-0.3, -0.25) is 9.59 Å². The molecule has 0 heterocycles. The molecule has 0 radical (unpaired) electrons. The van der Waals surface area contributed by atoms with Gasteiger partial charge in [-0.15, -0.1) is 0 Å². The molecular weight excluding hydrogens is 268 g/mol. The zero-order valence-corrected chi connectivity index (χ0v) is 11.0. The fourth-order valence-electron chi connectivity index (χ4n) is 2.15. The lowest BCUT2D eigenvalue weighted by atomic mass is 9.87. The Balaban J connectivity index is 2.95. The first kappa shape index (κ1) is 15.6. The first-order chi connectivity index (χ1) is 9.47. The Labute approximate surface area is 114 Å². The zero-order chi connectivity index (χ0) is 15.1. The Hall–Kier alpha value is -2.44. The summed E-state index contributed by atoms with van der Waals surface area (Å²) in [6.07, 6.45) is -1.16. The van der Waals surface area contributed by atoms with E-state index in [1.54, 1.807) is 0 Å². The van der Waals surface area contributed by atoms with Crippen LogP contribution in [-0.2, 0) is 19.1 Å². The zero-order valence-electron chi connectivity index (χ0n) is 11.0. The molecule has 108 valence electrons. The molecule has 0 unspecified atom stereocenters. The van der Waals surface area contributed by atoms with Crippen LogP contribution < -0.4 is 0 Å². The average Bonchev–Trinajstić information content (AvgIpc) is 2.33. The first-order valence-electron chi connectivity index (χ1n) is 5.90. The van der Waals surface area contributed by atoms with Gasteiger partial charge in [-0.25, -0.2) is 0 Å². The van der Waals surface area contributed by atoms with Crippen LogP contribution in [0.15, 0.2) is 10.2 Å². The molecule has 10 heteroatoms. The van der Waals surface area contributed by atoms with Crippen LogP contribution in [-0.4, -0.2) is 36.2 Å². The van der Waals surface area contributed by atoms with Gasteiger partial charge in [-0.1, -0.05) is 10.2 Å². The van der Waals surface area contributed by atoms with E-state index < -0.39 is 36.2 Å². The van der Waals surface area contributed by atoms with E-state index in [4.69, 9.17) is 20.5 Å². The molecule has 0 aliphatic heterocycles. The number of carbonyl (C=O) groups is 2. The summed E-state index contributed by atoms with van der Waals surface area (Å²) in [5.41, 5.74) is 17.1. The average molecular weight is 282 g/mol. The molecule has 0 aromatic heterocycles. The standard InChI is InChI=1S/C10H14N6O4/c1-5(17)19-9-4-10(20-6(2)18)8(14-16-12)3-7(9)13-15-11/h7-10H,3-4H2,1-2H3/t7-,8+,9-,10+. The van der Waals surface area contributed by atoms with Crippen molar-refractivity contribution < 1.29 is 19.1 Å². The second kappa shape index (κ2) is 7.22. The van der Waals surface area contributed by atoms with Crippen LogP contribution in [0.3, 0.4) is 0 Å². The molecule has 0 spiro atoms. The second-order valence-electron chi connectivity index (χ2n) is 4.31. The second-order valence-corrected chi connectivity index (χ2v) is 4.31. The molecule has 10 nitrogen and oxygen atoms in total. The maximum Gasteiger partial charge on any atom is 0.302 e. The maximum atomic E-state index is 11.1. The van der Waals surface area contributed by atoms with Gasteiger partial charge < -0.3 is 9.47 Å². The van der Waals surface area contributed by atoms with E-state index >= 15 is 0 Å². The summed E-state index contributed by atoms with van der Waals surface area (Å²) in [5, 5.41) is 7.09. The number of hydrogen-bond donors (Lipinski definition) is 0. The summed E-state index contributed by atoms with van der Waals surface area (Å²) in [5.74, 6) is -1.06. The van der Waals surface area contributed by atoms with Crippen LogP contribution in [0.25, 0.3) is 20.9 Å². The third kappa shape index (κ3) is 4.34. The van der Waals surface area contributed by atoms with Gasteiger partial charge in [0, 0.05) is 30.1 Å². The van der Waals surface area contributed by atoms with Crippen molar-refractivity contribution in [3.63, 3.8) is 0 Å². The lowest BCUT2D eigenvalue weighted by Crippen LogP contribution is -2.46. The number of ether oxygens (including phenoxy) is 2. The predicted octanol–water partition coefficient (Wildman–Crippen LogP) is 2.00. The van der Waals surface area contributed by atoms with Gasteiger partial charge in [0.25, 0.3) is 0 Å². The first-order valence-corrected chi connectivity index (χ1v) is 5.90. The molecule has 1 fully saturated rings. The Morgan fingerprint density at radius 1 is 0.950 bits per heavy atom. The van der Waals surface area contributed by atoms with Crippen molar-refractivity contribution in [1.29, 1.82) is 0 Å². The fourth-order valence-corrected chi connectivity index (χ4v) is 2.15. The molecule has 0 saturated heterocycles. The molecule has 20 heavy (non-hydrogen) atoms. The van der Waals surface area contributed by atoms with Gasteiger partial charge in [-0.2, -0.15) is 0 Å². The highest BCUT2D eigenvalue weighted by atomic mass is 16.6. The SMILES string of the molecule is CC(=O)O[C@H]1C[C@@H](OC(C)=O)[C@H](N=[N+]=[N-])C[C@@H]1N=[N+]=[N-]. The number of hydrogen-bond acceptors (Lipinski definition) is 6. The minimum Gasteiger partial charge on any atom is -0.462 e. The number of nitrogens with zero attached hydrogens (tertiary/aromatic N) is 6. The van der Waals surface area contributed by atoms with Gasteiger partial charge in [-0.05, 0) is 17.5 Å². The van der Waals surface area contributed by atoms with E-state index in [9.17, 15) is 9.59 Å². The number of azide groups is 2. The lowest BCUT2D eigenvalue weighted by molar-refractivity contribution is -0.158. The summed E-state index contributed by atoms with van der Waals surface area (Å²) in [6.45, 7) is 2.46. The van der Waals surface area contributed by atoms with Gasteiger partial charge in [0.1, 0.15) is 12.2 Å². The Bertz CT molecular complexity index is 440. The number of carbonyl (C=O) groups excluding carboxylic acids is 2. The molecule has 0 aromatic carbocycles. The van der Waals surface area contributed by atoms with Gasteiger partial charge >= 0.3 is 11.9 Å². The quantitative estimate of drug-likeness (QED) is 0.335. The Kier molecular flexibility index (Phi) is 5.64. The van der Waals surface area contributed by atoms with E-state index in [1.165, 1.54) is 13.8 Å². The minimum atomic E-state index is -0.710. The molecule has 1 aliphatic carbocycles. The largest absolute Gasteiger partial charge is 0.462 e. The summed E-state index contributed by atoms with van der Waals surface area (Å²) in [6, 6.07) is -1.32. The van der Waals surface area contributed by atoms with E-state index in [0.717, 1.165) is 0 Å².